The maximum absolute atomic E-state index is 12.0. The minimum absolute atomic E-state index is 0.0811. The number of aliphatic hydroxyl groups excluding tert-OH is 3. The van der Waals surface area contributed by atoms with Gasteiger partial charge < -0.3 is 30.8 Å². The summed E-state index contributed by atoms with van der Waals surface area (Å²) in [5.74, 6) is 0.0811. The molecule has 0 amide bonds. The van der Waals surface area contributed by atoms with Gasteiger partial charge in [0.15, 0.2) is 17.7 Å². The monoisotopic (exact) mass is 283 g/mol. The number of nitrogen functional groups attached to an aromatic ring is 1. The lowest BCUT2D eigenvalue weighted by Gasteiger charge is -2.15. The summed E-state index contributed by atoms with van der Waals surface area (Å²) in [6.07, 6.45) is -3.66. The van der Waals surface area contributed by atoms with Crippen molar-refractivity contribution in [1.82, 2.24) is 19.5 Å². The number of nitrogens with zero attached hydrogens (tertiary/aromatic N) is 3. The molecule has 20 heavy (non-hydrogen) atoms. The molecule has 1 aliphatic rings. The molecule has 6 N–H and O–H groups in total. The zero-order chi connectivity index (χ0) is 14.4. The van der Waals surface area contributed by atoms with Crippen molar-refractivity contribution in [3.63, 3.8) is 0 Å². The molecule has 1 aliphatic heterocycles. The number of hydrogen-bond donors (Lipinski definition) is 5. The molecule has 108 valence electrons. The first-order chi connectivity index (χ1) is 9.54. The molecule has 4 atom stereocenters. The van der Waals surface area contributed by atoms with Crippen molar-refractivity contribution in [3.05, 3.63) is 16.8 Å². The second-order valence-corrected chi connectivity index (χ2v) is 4.49. The zero-order valence-electron chi connectivity index (χ0n) is 10.2. The van der Waals surface area contributed by atoms with Gasteiger partial charge in [0.1, 0.15) is 30.2 Å². The maximum atomic E-state index is 12.0. The Morgan fingerprint density at radius 2 is 2.15 bits per heavy atom. The Morgan fingerprint density at radius 3 is 2.80 bits per heavy atom. The second kappa shape index (κ2) is 4.52. The van der Waals surface area contributed by atoms with Crippen molar-refractivity contribution in [3.8, 4) is 0 Å². The van der Waals surface area contributed by atoms with Crippen LogP contribution in [0.25, 0.3) is 11.2 Å². The van der Waals surface area contributed by atoms with Crippen LogP contribution >= 0.6 is 0 Å². The molecule has 1 fully saturated rings. The SMILES string of the molecule is Nc1ncnc2c1[nH]c(=O)n2C1O[C@H](CO)[C@@H](O)[C@H]1O. The number of fused-ring (bicyclic) bond motifs is 1. The van der Waals surface area contributed by atoms with Crippen LogP contribution in [0.1, 0.15) is 6.23 Å². The fraction of sp³-hybridized carbons (Fsp3) is 0.500. The fourth-order valence-corrected chi connectivity index (χ4v) is 2.28. The summed E-state index contributed by atoms with van der Waals surface area (Å²) in [4.78, 5) is 22.1. The van der Waals surface area contributed by atoms with Gasteiger partial charge in [-0.05, 0) is 0 Å². The summed E-state index contributed by atoms with van der Waals surface area (Å²) < 4.78 is 6.34. The lowest BCUT2D eigenvalue weighted by atomic mass is 10.1. The van der Waals surface area contributed by atoms with Gasteiger partial charge >= 0.3 is 5.69 Å². The fourth-order valence-electron chi connectivity index (χ4n) is 2.28. The number of imidazole rings is 1. The van der Waals surface area contributed by atoms with Crippen LogP contribution in [-0.2, 0) is 4.74 Å². The first-order valence-corrected chi connectivity index (χ1v) is 5.87. The first kappa shape index (κ1) is 13.0. The Labute approximate surface area is 111 Å². The van der Waals surface area contributed by atoms with E-state index in [9.17, 15) is 15.0 Å². The molecule has 3 heterocycles. The molecule has 10 heteroatoms. The van der Waals surface area contributed by atoms with Crippen LogP contribution in [0.5, 0.6) is 0 Å². The van der Waals surface area contributed by atoms with E-state index in [1.54, 1.807) is 0 Å². The van der Waals surface area contributed by atoms with E-state index in [2.05, 4.69) is 15.0 Å². The highest BCUT2D eigenvalue weighted by Crippen LogP contribution is 2.30. The Balaban J connectivity index is 2.14. The van der Waals surface area contributed by atoms with Gasteiger partial charge in [0.2, 0.25) is 0 Å². The van der Waals surface area contributed by atoms with Gasteiger partial charge in [-0.15, -0.1) is 0 Å². The number of hydrogen-bond acceptors (Lipinski definition) is 8. The summed E-state index contributed by atoms with van der Waals surface area (Å²) in [7, 11) is 0. The van der Waals surface area contributed by atoms with E-state index < -0.39 is 36.8 Å². The van der Waals surface area contributed by atoms with Crippen molar-refractivity contribution in [1.29, 1.82) is 0 Å². The average Bonchev–Trinajstić information content (AvgIpc) is 2.90. The van der Waals surface area contributed by atoms with E-state index in [4.69, 9.17) is 15.6 Å². The van der Waals surface area contributed by atoms with Gasteiger partial charge in [-0.1, -0.05) is 0 Å². The Hall–Kier alpha value is -2.01. The van der Waals surface area contributed by atoms with Gasteiger partial charge in [0.25, 0.3) is 0 Å². The predicted molar refractivity (Wildman–Crippen MR) is 65.6 cm³/mol. The van der Waals surface area contributed by atoms with Crippen LogP contribution in [0.3, 0.4) is 0 Å². The number of aliphatic hydroxyl groups is 3. The van der Waals surface area contributed by atoms with Gasteiger partial charge in [0, 0.05) is 0 Å². The number of nitrogens with one attached hydrogen (secondary N) is 1. The van der Waals surface area contributed by atoms with Crippen molar-refractivity contribution < 1.29 is 20.1 Å². The summed E-state index contributed by atoms with van der Waals surface area (Å²) in [5.41, 5.74) is 5.38. The predicted octanol–water partition coefficient (Wildman–Crippen LogP) is -2.69. The Kier molecular flexibility index (Phi) is 2.94. The van der Waals surface area contributed by atoms with Crippen molar-refractivity contribution in [2.45, 2.75) is 24.5 Å². The van der Waals surface area contributed by atoms with Crippen molar-refractivity contribution in [2.75, 3.05) is 12.3 Å². The summed E-state index contributed by atoms with van der Waals surface area (Å²) in [6, 6.07) is 0. The van der Waals surface area contributed by atoms with Crippen LogP contribution in [0.2, 0.25) is 0 Å². The molecule has 0 aliphatic carbocycles. The highest BCUT2D eigenvalue weighted by atomic mass is 16.6. The number of rotatable bonds is 2. The number of H-pyrrole nitrogens is 1. The molecule has 3 rings (SSSR count). The third-order valence-corrected chi connectivity index (χ3v) is 3.31. The normalized spacial score (nSPS) is 30.1. The molecule has 0 bridgehead atoms. The molecule has 0 spiro atoms. The van der Waals surface area contributed by atoms with Gasteiger partial charge in [-0.3, -0.25) is 0 Å². The number of anilines is 1. The standard InChI is InChI=1S/C10H13N5O5/c11-7-4-8(13-2-12-7)15(10(19)14-4)9-6(18)5(17)3(1-16)20-9/h2-3,5-6,9,16-18H,1H2,(H,14,19)(H2,11,12,13)/t3-,5-,6-,9?/m1/s1. The number of ether oxygens (including phenoxy) is 1. The summed E-state index contributed by atoms with van der Waals surface area (Å²) in [6.45, 7) is -0.483. The molecule has 2 aromatic heterocycles. The zero-order valence-corrected chi connectivity index (χ0v) is 10.2. The van der Waals surface area contributed by atoms with E-state index in [1.165, 1.54) is 6.33 Å². The Morgan fingerprint density at radius 1 is 1.40 bits per heavy atom. The summed E-state index contributed by atoms with van der Waals surface area (Å²) in [5, 5.41) is 28.7. The molecule has 0 radical (unpaired) electrons. The van der Waals surface area contributed by atoms with Crippen molar-refractivity contribution >= 4 is 17.0 Å². The summed E-state index contributed by atoms with van der Waals surface area (Å²) >= 11 is 0. The topological polar surface area (TPSA) is 160 Å². The largest absolute Gasteiger partial charge is 0.394 e. The molecule has 0 saturated carbocycles. The van der Waals surface area contributed by atoms with E-state index in [0.717, 1.165) is 4.57 Å². The minimum atomic E-state index is -1.37. The minimum Gasteiger partial charge on any atom is -0.394 e. The highest BCUT2D eigenvalue weighted by molar-refractivity contribution is 5.81. The van der Waals surface area contributed by atoms with Gasteiger partial charge in [-0.25, -0.2) is 19.3 Å². The molecule has 10 nitrogen and oxygen atoms in total. The first-order valence-electron chi connectivity index (χ1n) is 5.87. The number of nitrogens with two attached hydrogens (primary N) is 1. The van der Waals surface area contributed by atoms with E-state index in [0.29, 0.717) is 0 Å². The number of aromatic nitrogens is 4. The second-order valence-electron chi connectivity index (χ2n) is 4.49. The highest BCUT2D eigenvalue weighted by Gasteiger charge is 2.44. The number of aromatic amines is 1. The van der Waals surface area contributed by atoms with Crippen LogP contribution in [0.4, 0.5) is 5.82 Å². The smallest absolute Gasteiger partial charge is 0.330 e. The van der Waals surface area contributed by atoms with E-state index >= 15 is 0 Å². The van der Waals surface area contributed by atoms with Crippen LogP contribution in [0.15, 0.2) is 11.1 Å². The molecular formula is C10H13N5O5. The van der Waals surface area contributed by atoms with Gasteiger partial charge in [-0.2, -0.15) is 0 Å². The van der Waals surface area contributed by atoms with E-state index in [1.807, 2.05) is 0 Å². The third-order valence-electron chi connectivity index (χ3n) is 3.31. The Bertz CT molecular complexity index is 697. The van der Waals surface area contributed by atoms with Gasteiger partial charge in [0.05, 0.1) is 6.61 Å². The quantitative estimate of drug-likeness (QED) is 0.398. The van der Waals surface area contributed by atoms with Crippen molar-refractivity contribution in [2.24, 2.45) is 0 Å². The molecular weight excluding hydrogens is 270 g/mol. The molecule has 2 aromatic rings. The lowest BCUT2D eigenvalue weighted by Crippen LogP contribution is -2.34. The lowest BCUT2D eigenvalue weighted by molar-refractivity contribution is -0.0524. The molecule has 1 saturated heterocycles. The molecule has 1 unspecified atom stereocenters. The van der Waals surface area contributed by atoms with Crippen LogP contribution in [0, 0.1) is 0 Å². The maximum Gasteiger partial charge on any atom is 0.330 e. The molecule has 0 aromatic carbocycles. The third kappa shape index (κ3) is 1.70. The average molecular weight is 283 g/mol. The van der Waals surface area contributed by atoms with E-state index in [-0.39, 0.29) is 17.0 Å². The van der Waals surface area contributed by atoms with Crippen LogP contribution < -0.4 is 11.4 Å². The van der Waals surface area contributed by atoms with Crippen LogP contribution in [-0.4, -0.2) is 59.8 Å².